The van der Waals surface area contributed by atoms with E-state index in [0.717, 1.165) is 96.3 Å². The molecule has 446 valence electrons. The van der Waals surface area contributed by atoms with Crippen molar-refractivity contribution in [3.05, 3.63) is 109 Å². The van der Waals surface area contributed by atoms with E-state index in [1.54, 1.807) is 0 Å². The number of ether oxygens (including phenoxy) is 3. The average molecular weight is 1080 g/mol. The lowest BCUT2D eigenvalue weighted by Crippen LogP contribution is -2.30. The number of unbranched alkanes of at least 4 members (excludes halogenated alkanes) is 30. The van der Waals surface area contributed by atoms with Gasteiger partial charge in [0.05, 0.1) is 0 Å². The van der Waals surface area contributed by atoms with Crippen LogP contribution in [0.15, 0.2) is 109 Å². The van der Waals surface area contributed by atoms with Crippen LogP contribution in [0.3, 0.4) is 0 Å². The molecule has 78 heavy (non-hydrogen) atoms. The second-order valence-corrected chi connectivity index (χ2v) is 21.6. The Morgan fingerprint density at radius 2 is 0.513 bits per heavy atom. The van der Waals surface area contributed by atoms with E-state index in [0.29, 0.717) is 19.3 Å². The van der Waals surface area contributed by atoms with Gasteiger partial charge in [-0.25, -0.2) is 0 Å². The van der Waals surface area contributed by atoms with Crippen LogP contribution in [0.2, 0.25) is 0 Å². The minimum atomic E-state index is -0.809. The minimum Gasteiger partial charge on any atom is -0.462 e. The smallest absolute Gasteiger partial charge is 0.306 e. The van der Waals surface area contributed by atoms with Crippen molar-refractivity contribution in [3.8, 4) is 0 Å². The van der Waals surface area contributed by atoms with E-state index < -0.39 is 6.10 Å². The molecule has 0 radical (unpaired) electrons. The number of allylic oxidation sites excluding steroid dienone is 18. The Balaban J connectivity index is 4.48. The maximum absolute atomic E-state index is 12.9. The molecular weight excluding hydrogens is 961 g/mol. The van der Waals surface area contributed by atoms with Gasteiger partial charge in [-0.15, -0.1) is 0 Å². The molecule has 0 heterocycles. The predicted octanol–water partition coefficient (Wildman–Crippen LogP) is 22.6. The fourth-order valence-corrected chi connectivity index (χ4v) is 9.07. The molecular formula is C72H122O6. The Kier molecular flexibility index (Phi) is 62.3. The molecule has 1 unspecified atom stereocenters. The van der Waals surface area contributed by atoms with Crippen LogP contribution < -0.4 is 0 Å². The Morgan fingerprint density at radius 3 is 0.846 bits per heavy atom. The molecule has 0 rings (SSSR count). The van der Waals surface area contributed by atoms with E-state index in [2.05, 4.69) is 130 Å². The van der Waals surface area contributed by atoms with Gasteiger partial charge in [-0.2, -0.15) is 0 Å². The summed E-state index contributed by atoms with van der Waals surface area (Å²) in [7, 11) is 0. The molecule has 0 fully saturated rings. The van der Waals surface area contributed by atoms with Crippen molar-refractivity contribution in [3.63, 3.8) is 0 Å². The molecule has 0 saturated carbocycles. The summed E-state index contributed by atoms with van der Waals surface area (Å²) in [6, 6.07) is 0. The molecule has 6 heteroatoms. The number of carbonyl (C=O) groups excluding carboxylic acids is 3. The second kappa shape index (κ2) is 65.6. The van der Waals surface area contributed by atoms with E-state index in [1.165, 1.54) is 167 Å². The highest BCUT2D eigenvalue weighted by atomic mass is 16.6. The number of esters is 3. The van der Waals surface area contributed by atoms with Crippen molar-refractivity contribution in [2.45, 2.75) is 316 Å². The Hall–Kier alpha value is -3.93. The van der Waals surface area contributed by atoms with Crippen molar-refractivity contribution in [2.75, 3.05) is 13.2 Å². The molecule has 0 bridgehead atoms. The standard InChI is InChI=1S/C72H122O6/c1-4-7-10-13-16-19-22-25-28-31-33-35-36-38-39-41-44-47-50-53-56-59-62-65-71(74)77-68-69(67-76-70(73)64-61-58-55-52-49-46-43-30-27-24-21-18-15-12-9-6-3)78-72(75)66-63-60-57-54-51-48-45-42-40-37-34-32-29-26-23-20-17-14-11-8-5-2/h7,10,16,19,25,28,30,32-35,38-39,43-44,47,53,56,69H,4-6,8-9,11-15,17-18,20-24,26-27,29,31,36-37,40-42,45-46,48-52,54-55,57-68H2,1-3H3/b10-7-,19-16-,28-25-,34-32-,35-33-,39-38-,43-30-,47-44-,56-53-. The van der Waals surface area contributed by atoms with E-state index in [1.807, 2.05) is 0 Å². The largest absolute Gasteiger partial charge is 0.462 e. The van der Waals surface area contributed by atoms with Crippen LogP contribution in [0.25, 0.3) is 0 Å². The van der Waals surface area contributed by atoms with Crippen LogP contribution in [0.1, 0.15) is 310 Å². The van der Waals surface area contributed by atoms with E-state index in [-0.39, 0.29) is 37.5 Å². The van der Waals surface area contributed by atoms with Crippen molar-refractivity contribution in [1.29, 1.82) is 0 Å². The summed E-state index contributed by atoms with van der Waals surface area (Å²) in [5, 5.41) is 0. The van der Waals surface area contributed by atoms with Gasteiger partial charge in [0.15, 0.2) is 6.10 Å². The monoisotopic (exact) mass is 1080 g/mol. The first-order chi connectivity index (χ1) is 38.5. The van der Waals surface area contributed by atoms with Gasteiger partial charge in [-0.05, 0) is 122 Å². The van der Waals surface area contributed by atoms with Crippen molar-refractivity contribution in [2.24, 2.45) is 0 Å². The van der Waals surface area contributed by atoms with Crippen molar-refractivity contribution < 1.29 is 28.6 Å². The summed E-state index contributed by atoms with van der Waals surface area (Å²) < 4.78 is 16.9. The summed E-state index contributed by atoms with van der Waals surface area (Å²) >= 11 is 0. The summed E-state index contributed by atoms with van der Waals surface area (Å²) in [5.41, 5.74) is 0. The molecule has 0 spiro atoms. The highest BCUT2D eigenvalue weighted by Gasteiger charge is 2.19. The Morgan fingerprint density at radius 1 is 0.269 bits per heavy atom. The molecule has 0 amide bonds. The zero-order valence-electron chi connectivity index (χ0n) is 51.2. The molecule has 6 nitrogen and oxygen atoms in total. The molecule has 0 saturated heterocycles. The van der Waals surface area contributed by atoms with Gasteiger partial charge in [0.25, 0.3) is 0 Å². The molecule has 0 aromatic heterocycles. The third kappa shape index (κ3) is 62.9. The van der Waals surface area contributed by atoms with Crippen LogP contribution in [0.5, 0.6) is 0 Å². The van der Waals surface area contributed by atoms with Gasteiger partial charge < -0.3 is 14.2 Å². The zero-order valence-corrected chi connectivity index (χ0v) is 51.2. The molecule has 0 aromatic carbocycles. The van der Waals surface area contributed by atoms with Crippen LogP contribution in [0, 0.1) is 0 Å². The third-order valence-electron chi connectivity index (χ3n) is 14.0. The molecule has 0 aromatic rings. The number of hydrogen-bond acceptors (Lipinski definition) is 6. The highest BCUT2D eigenvalue weighted by Crippen LogP contribution is 2.16. The lowest BCUT2D eigenvalue weighted by atomic mass is 10.1. The van der Waals surface area contributed by atoms with Gasteiger partial charge in [-0.3, -0.25) is 14.4 Å². The lowest BCUT2D eigenvalue weighted by molar-refractivity contribution is -0.167. The van der Waals surface area contributed by atoms with Crippen LogP contribution in [-0.4, -0.2) is 37.2 Å². The highest BCUT2D eigenvalue weighted by molar-refractivity contribution is 5.71. The normalized spacial score (nSPS) is 12.8. The quantitative estimate of drug-likeness (QED) is 0.0261. The topological polar surface area (TPSA) is 78.9 Å². The average Bonchev–Trinajstić information content (AvgIpc) is 3.44. The third-order valence-corrected chi connectivity index (χ3v) is 14.0. The predicted molar refractivity (Wildman–Crippen MR) is 339 cm³/mol. The zero-order chi connectivity index (χ0) is 56.4. The van der Waals surface area contributed by atoms with Crippen LogP contribution >= 0.6 is 0 Å². The fourth-order valence-electron chi connectivity index (χ4n) is 9.07. The lowest BCUT2D eigenvalue weighted by Gasteiger charge is -2.18. The Labute approximate surface area is 482 Å². The van der Waals surface area contributed by atoms with Gasteiger partial charge in [0.2, 0.25) is 0 Å². The molecule has 0 aliphatic heterocycles. The first-order valence-corrected chi connectivity index (χ1v) is 32.9. The van der Waals surface area contributed by atoms with Gasteiger partial charge >= 0.3 is 17.9 Å². The fraction of sp³-hybridized carbons (Fsp3) is 0.708. The first kappa shape index (κ1) is 74.1. The first-order valence-electron chi connectivity index (χ1n) is 32.9. The summed E-state index contributed by atoms with van der Waals surface area (Å²) in [6.45, 7) is 6.49. The number of carbonyl (C=O) groups is 3. The molecule has 0 aliphatic rings. The molecule has 0 aliphatic carbocycles. The van der Waals surface area contributed by atoms with Crippen molar-refractivity contribution >= 4 is 17.9 Å². The van der Waals surface area contributed by atoms with E-state index in [4.69, 9.17) is 14.2 Å². The molecule has 1 atom stereocenters. The second-order valence-electron chi connectivity index (χ2n) is 21.6. The number of hydrogen-bond donors (Lipinski definition) is 0. The van der Waals surface area contributed by atoms with E-state index >= 15 is 0 Å². The summed E-state index contributed by atoms with van der Waals surface area (Å²) in [6.07, 6.45) is 89.6. The van der Waals surface area contributed by atoms with Crippen molar-refractivity contribution in [1.82, 2.24) is 0 Å². The number of rotatable bonds is 59. The Bertz CT molecular complexity index is 1570. The molecule has 0 N–H and O–H groups in total. The maximum atomic E-state index is 12.9. The van der Waals surface area contributed by atoms with Crippen LogP contribution in [-0.2, 0) is 28.6 Å². The van der Waals surface area contributed by atoms with Gasteiger partial charge in [0.1, 0.15) is 13.2 Å². The summed E-state index contributed by atoms with van der Waals surface area (Å²) in [4.78, 5) is 38.3. The SMILES string of the molecule is CC/C=C\C/C=C\C/C=C\C/C=C\C/C=C\C/C=C\C/C=C\CCCC(=O)OCC(COC(=O)CCCCCCC/C=C\CCCCCCCCC)OC(=O)CCCCCCCCCCC/C=C\CCCCCCCCCC. The van der Waals surface area contributed by atoms with Gasteiger partial charge in [0, 0.05) is 19.3 Å². The maximum Gasteiger partial charge on any atom is 0.306 e. The van der Waals surface area contributed by atoms with Gasteiger partial charge in [-0.1, -0.05) is 278 Å². The summed E-state index contributed by atoms with van der Waals surface area (Å²) in [5.74, 6) is -0.964. The minimum absolute atomic E-state index is 0.101. The van der Waals surface area contributed by atoms with Crippen LogP contribution in [0.4, 0.5) is 0 Å². The van der Waals surface area contributed by atoms with E-state index in [9.17, 15) is 14.4 Å².